The monoisotopic (exact) mass is 203 g/mol. The number of aryl methyl sites for hydroxylation is 1. The molecule has 1 heteroatoms. The van der Waals surface area contributed by atoms with Gasteiger partial charge in [0.15, 0.2) is 0 Å². The Labute approximate surface area is 93.2 Å². The summed E-state index contributed by atoms with van der Waals surface area (Å²) in [6.45, 7) is 8.38. The van der Waals surface area contributed by atoms with E-state index >= 15 is 0 Å². The van der Waals surface area contributed by atoms with E-state index < -0.39 is 0 Å². The third-order valence-corrected chi connectivity index (χ3v) is 2.47. The van der Waals surface area contributed by atoms with Gasteiger partial charge < -0.3 is 5.32 Å². The quantitative estimate of drug-likeness (QED) is 0.572. The summed E-state index contributed by atoms with van der Waals surface area (Å²) in [5.74, 6) is 0. The van der Waals surface area contributed by atoms with E-state index in [2.05, 4.69) is 56.4 Å². The Morgan fingerprint density at radius 1 is 1.20 bits per heavy atom. The minimum absolute atomic E-state index is 0.959. The van der Waals surface area contributed by atoms with Gasteiger partial charge in [-0.3, -0.25) is 0 Å². The molecule has 1 N–H and O–H groups in total. The van der Waals surface area contributed by atoms with Crippen molar-refractivity contribution in [2.45, 2.75) is 33.7 Å². The van der Waals surface area contributed by atoms with Crippen LogP contribution in [0, 0.1) is 0 Å². The van der Waals surface area contributed by atoms with E-state index in [0.29, 0.717) is 0 Å². The highest BCUT2D eigenvalue weighted by atomic mass is 14.8. The summed E-state index contributed by atoms with van der Waals surface area (Å²) in [5.41, 5.74) is 4.23. The third-order valence-electron chi connectivity index (χ3n) is 2.47. The second-order valence-corrected chi connectivity index (χ2v) is 4.03. The van der Waals surface area contributed by atoms with Crippen molar-refractivity contribution in [3.63, 3.8) is 0 Å². The summed E-state index contributed by atoms with van der Waals surface area (Å²) in [5, 5.41) is 3.43. The van der Waals surface area contributed by atoms with E-state index in [1.807, 2.05) is 0 Å². The van der Waals surface area contributed by atoms with Crippen LogP contribution in [0.5, 0.6) is 0 Å². The molecule has 0 aliphatic rings. The molecule has 0 spiro atoms. The fourth-order valence-electron chi connectivity index (χ4n) is 1.56. The molecule has 0 heterocycles. The molecule has 82 valence electrons. The van der Waals surface area contributed by atoms with Crippen LogP contribution in [0.3, 0.4) is 0 Å². The van der Waals surface area contributed by atoms with Crippen molar-refractivity contribution in [1.82, 2.24) is 5.32 Å². The first-order valence-electron chi connectivity index (χ1n) is 5.65. The molecule has 0 atom stereocenters. The van der Waals surface area contributed by atoms with Gasteiger partial charge in [0.25, 0.3) is 0 Å². The number of hydrogen-bond donors (Lipinski definition) is 1. The predicted octanol–water partition coefficient (Wildman–Crippen LogP) is 3.30. The highest BCUT2D eigenvalue weighted by Crippen LogP contribution is 2.08. The molecule has 0 aliphatic carbocycles. The first-order chi connectivity index (χ1) is 7.24. The molecule has 0 saturated heterocycles. The van der Waals surface area contributed by atoms with E-state index in [1.54, 1.807) is 0 Å². The zero-order valence-corrected chi connectivity index (χ0v) is 10.0. The normalized spacial score (nSPS) is 10.1. The molecule has 1 aromatic carbocycles. The number of rotatable bonds is 5. The first kappa shape index (κ1) is 12.0. The molecule has 0 aliphatic heterocycles. The smallest absolute Gasteiger partial charge is 0.0211 e. The Morgan fingerprint density at radius 3 is 2.47 bits per heavy atom. The molecule has 1 aromatic rings. The molecule has 0 saturated carbocycles. The molecule has 1 nitrogen and oxygen atoms in total. The van der Waals surface area contributed by atoms with Crippen LogP contribution in [0.2, 0.25) is 0 Å². The van der Waals surface area contributed by atoms with Crippen molar-refractivity contribution in [1.29, 1.82) is 0 Å². The SMILES string of the molecule is CCc1ccccc1CNCC=C(C)C. The molecule has 0 fully saturated rings. The van der Waals surface area contributed by atoms with Gasteiger partial charge in [0, 0.05) is 13.1 Å². The van der Waals surface area contributed by atoms with Crippen LogP contribution in [0.4, 0.5) is 0 Å². The summed E-state index contributed by atoms with van der Waals surface area (Å²) in [7, 11) is 0. The minimum atomic E-state index is 0.959. The number of nitrogens with one attached hydrogen (secondary N) is 1. The largest absolute Gasteiger partial charge is 0.309 e. The summed E-state index contributed by atoms with van der Waals surface area (Å²) in [4.78, 5) is 0. The Bertz CT molecular complexity index is 322. The number of allylic oxidation sites excluding steroid dienone is 1. The summed E-state index contributed by atoms with van der Waals surface area (Å²) < 4.78 is 0. The number of benzene rings is 1. The van der Waals surface area contributed by atoms with Crippen LogP contribution in [0.25, 0.3) is 0 Å². The van der Waals surface area contributed by atoms with E-state index in [4.69, 9.17) is 0 Å². The highest BCUT2D eigenvalue weighted by molar-refractivity contribution is 5.26. The minimum Gasteiger partial charge on any atom is -0.309 e. The van der Waals surface area contributed by atoms with Gasteiger partial charge in [-0.15, -0.1) is 0 Å². The lowest BCUT2D eigenvalue weighted by Gasteiger charge is -2.07. The van der Waals surface area contributed by atoms with Gasteiger partial charge in [0.2, 0.25) is 0 Å². The Balaban J connectivity index is 2.46. The van der Waals surface area contributed by atoms with Gasteiger partial charge in [-0.1, -0.05) is 42.8 Å². The Morgan fingerprint density at radius 2 is 1.87 bits per heavy atom. The maximum absolute atomic E-state index is 3.43. The lowest BCUT2D eigenvalue weighted by molar-refractivity contribution is 0.749. The van der Waals surface area contributed by atoms with Crippen LogP contribution in [-0.2, 0) is 13.0 Å². The molecule has 0 amide bonds. The van der Waals surface area contributed by atoms with Crippen LogP contribution < -0.4 is 5.32 Å². The zero-order chi connectivity index (χ0) is 11.1. The summed E-state index contributed by atoms with van der Waals surface area (Å²) in [6, 6.07) is 8.63. The predicted molar refractivity (Wildman–Crippen MR) is 67.0 cm³/mol. The van der Waals surface area contributed by atoms with Crippen LogP contribution in [-0.4, -0.2) is 6.54 Å². The van der Waals surface area contributed by atoms with Crippen LogP contribution in [0.15, 0.2) is 35.9 Å². The fraction of sp³-hybridized carbons (Fsp3) is 0.429. The van der Waals surface area contributed by atoms with Gasteiger partial charge in [-0.05, 0) is 31.4 Å². The average Bonchev–Trinajstić information content (AvgIpc) is 2.24. The van der Waals surface area contributed by atoms with Crippen molar-refractivity contribution >= 4 is 0 Å². The van der Waals surface area contributed by atoms with Gasteiger partial charge in [-0.25, -0.2) is 0 Å². The van der Waals surface area contributed by atoms with Gasteiger partial charge >= 0.3 is 0 Å². The van der Waals surface area contributed by atoms with Crippen molar-refractivity contribution in [2.24, 2.45) is 0 Å². The van der Waals surface area contributed by atoms with Gasteiger partial charge in [0.1, 0.15) is 0 Å². The van der Waals surface area contributed by atoms with Gasteiger partial charge in [0.05, 0.1) is 0 Å². The van der Waals surface area contributed by atoms with E-state index in [-0.39, 0.29) is 0 Å². The lowest BCUT2D eigenvalue weighted by Crippen LogP contribution is -2.14. The van der Waals surface area contributed by atoms with Crippen LogP contribution >= 0.6 is 0 Å². The fourth-order valence-corrected chi connectivity index (χ4v) is 1.56. The van der Waals surface area contributed by atoms with E-state index in [1.165, 1.54) is 16.7 Å². The second-order valence-electron chi connectivity index (χ2n) is 4.03. The number of hydrogen-bond acceptors (Lipinski definition) is 1. The second kappa shape index (κ2) is 6.41. The van der Waals surface area contributed by atoms with Gasteiger partial charge in [-0.2, -0.15) is 0 Å². The average molecular weight is 203 g/mol. The summed E-state index contributed by atoms with van der Waals surface area (Å²) in [6.07, 6.45) is 3.33. The molecular weight excluding hydrogens is 182 g/mol. The zero-order valence-electron chi connectivity index (χ0n) is 10.0. The molecule has 0 unspecified atom stereocenters. The molecular formula is C14H21N. The summed E-state index contributed by atoms with van der Waals surface area (Å²) >= 11 is 0. The van der Waals surface area contributed by atoms with Crippen molar-refractivity contribution in [3.05, 3.63) is 47.0 Å². The molecule has 0 radical (unpaired) electrons. The van der Waals surface area contributed by atoms with E-state index in [0.717, 1.165) is 19.5 Å². The Hall–Kier alpha value is -1.08. The van der Waals surface area contributed by atoms with E-state index in [9.17, 15) is 0 Å². The van der Waals surface area contributed by atoms with Crippen molar-refractivity contribution in [3.8, 4) is 0 Å². The molecule has 1 rings (SSSR count). The molecule has 0 aromatic heterocycles. The maximum Gasteiger partial charge on any atom is 0.0211 e. The van der Waals surface area contributed by atoms with Crippen LogP contribution in [0.1, 0.15) is 31.9 Å². The molecule has 15 heavy (non-hydrogen) atoms. The third kappa shape index (κ3) is 4.30. The standard InChI is InChI=1S/C14H21N/c1-4-13-7-5-6-8-14(13)11-15-10-9-12(2)3/h5-9,15H,4,10-11H2,1-3H3. The first-order valence-corrected chi connectivity index (χ1v) is 5.65. The van der Waals surface area contributed by atoms with Crippen molar-refractivity contribution < 1.29 is 0 Å². The highest BCUT2D eigenvalue weighted by Gasteiger charge is 1.97. The lowest BCUT2D eigenvalue weighted by atomic mass is 10.1. The topological polar surface area (TPSA) is 12.0 Å². The maximum atomic E-state index is 3.43. The van der Waals surface area contributed by atoms with Crippen molar-refractivity contribution in [2.75, 3.05) is 6.54 Å². The molecule has 0 bridgehead atoms. The Kier molecular flexibility index (Phi) is 5.13.